The number of ketones is 1. The molecule has 4 rings (SSSR count). The average Bonchev–Trinajstić information content (AvgIpc) is 3.14. The van der Waals surface area contributed by atoms with Crippen molar-refractivity contribution >= 4 is 23.1 Å². The third kappa shape index (κ3) is 4.25. The van der Waals surface area contributed by atoms with E-state index in [-0.39, 0.29) is 17.7 Å². The molecule has 1 N–H and O–H groups in total. The van der Waals surface area contributed by atoms with Gasteiger partial charge in [-0.15, -0.1) is 5.10 Å². The van der Waals surface area contributed by atoms with Crippen molar-refractivity contribution in [1.82, 2.24) is 15.0 Å². The first-order valence-corrected chi connectivity index (χ1v) is 10.1. The van der Waals surface area contributed by atoms with E-state index in [1.165, 1.54) is 0 Å². The fourth-order valence-electron chi connectivity index (χ4n) is 3.73. The Morgan fingerprint density at radius 1 is 1.04 bits per heavy atom. The molecule has 2 atom stereocenters. The zero-order valence-electron chi connectivity index (χ0n) is 15.6. The van der Waals surface area contributed by atoms with Gasteiger partial charge in [0.25, 0.3) is 0 Å². The second-order valence-corrected chi connectivity index (χ2v) is 7.67. The first kappa shape index (κ1) is 18.7. The van der Waals surface area contributed by atoms with Crippen molar-refractivity contribution in [2.45, 2.75) is 31.7 Å². The van der Waals surface area contributed by atoms with E-state index in [1.807, 2.05) is 60.8 Å². The zero-order valence-corrected chi connectivity index (χ0v) is 16.3. The van der Waals surface area contributed by atoms with Crippen LogP contribution in [0.5, 0.6) is 0 Å². The number of halogens is 1. The Hall–Kier alpha value is -2.66. The van der Waals surface area contributed by atoms with Gasteiger partial charge in [-0.05, 0) is 37.1 Å². The van der Waals surface area contributed by atoms with E-state index in [9.17, 15) is 4.79 Å². The number of hydrogen-bond acceptors (Lipinski definition) is 4. The van der Waals surface area contributed by atoms with Crippen LogP contribution in [0.4, 0.5) is 5.69 Å². The van der Waals surface area contributed by atoms with Gasteiger partial charge in [0.05, 0.1) is 6.20 Å². The van der Waals surface area contributed by atoms with Crippen LogP contribution in [0.2, 0.25) is 5.02 Å². The van der Waals surface area contributed by atoms with E-state index in [0.29, 0.717) is 11.6 Å². The molecule has 1 aromatic heterocycles. The van der Waals surface area contributed by atoms with Crippen LogP contribution in [0.25, 0.3) is 11.3 Å². The highest BCUT2D eigenvalue weighted by molar-refractivity contribution is 6.30. The van der Waals surface area contributed by atoms with Crippen molar-refractivity contribution in [1.29, 1.82) is 0 Å². The van der Waals surface area contributed by atoms with E-state index in [1.54, 1.807) is 4.68 Å². The molecule has 0 bridgehead atoms. The molecule has 0 radical (unpaired) electrons. The van der Waals surface area contributed by atoms with Crippen LogP contribution < -0.4 is 5.32 Å². The Balaban J connectivity index is 1.47. The molecule has 5 nitrogen and oxygen atoms in total. The molecule has 144 valence electrons. The number of hydrogen-bond donors (Lipinski definition) is 1. The molecule has 1 saturated carbocycles. The molecule has 28 heavy (non-hydrogen) atoms. The Labute approximate surface area is 169 Å². The fraction of sp³-hybridized carbons (Fsp3) is 0.318. The molecule has 6 heteroatoms. The summed E-state index contributed by atoms with van der Waals surface area (Å²) in [7, 11) is 0. The quantitative estimate of drug-likeness (QED) is 0.618. The molecule has 1 heterocycles. The lowest BCUT2D eigenvalue weighted by Gasteiger charge is -2.19. The Morgan fingerprint density at radius 3 is 2.57 bits per heavy atom. The lowest BCUT2D eigenvalue weighted by Crippen LogP contribution is -2.29. The van der Waals surface area contributed by atoms with Crippen LogP contribution in [0, 0.1) is 5.92 Å². The standard InChI is InChI=1S/C22H23ClN4O/c23-18-10-12-19(13-11-18)24-14-17-8-4-5-9-21(22(17)28)27-15-20(25-26-27)16-6-2-1-3-7-16/h1-3,6-7,10-13,15,17,21,24H,4-5,8-9,14H2/t17-,21?/m0/s1. The van der Waals surface area contributed by atoms with Gasteiger partial charge in [0.1, 0.15) is 11.7 Å². The van der Waals surface area contributed by atoms with Gasteiger partial charge < -0.3 is 5.32 Å². The van der Waals surface area contributed by atoms with Crippen LogP contribution in [-0.4, -0.2) is 27.3 Å². The number of anilines is 1. The molecule has 0 aliphatic heterocycles. The second-order valence-electron chi connectivity index (χ2n) is 7.24. The zero-order chi connectivity index (χ0) is 19.3. The van der Waals surface area contributed by atoms with Gasteiger partial charge in [0, 0.05) is 28.7 Å². The van der Waals surface area contributed by atoms with Crippen molar-refractivity contribution in [2.24, 2.45) is 5.92 Å². The maximum absolute atomic E-state index is 13.2. The molecule has 1 aliphatic carbocycles. The number of aromatic nitrogens is 3. The Morgan fingerprint density at radius 2 is 1.79 bits per heavy atom. The molecule has 0 saturated heterocycles. The van der Waals surface area contributed by atoms with Gasteiger partial charge in [-0.2, -0.15) is 0 Å². The molecule has 0 spiro atoms. The van der Waals surface area contributed by atoms with E-state index >= 15 is 0 Å². The molecular formula is C22H23ClN4O. The summed E-state index contributed by atoms with van der Waals surface area (Å²) in [5, 5.41) is 12.7. The summed E-state index contributed by atoms with van der Waals surface area (Å²) in [6.45, 7) is 0.622. The number of rotatable bonds is 5. The minimum atomic E-state index is -0.246. The first-order chi connectivity index (χ1) is 13.7. The SMILES string of the molecule is O=C1C(n2cc(-c3ccccc3)nn2)CCCC[C@H]1CNc1ccc(Cl)cc1. The predicted molar refractivity (Wildman–Crippen MR) is 111 cm³/mol. The third-order valence-corrected chi connectivity index (χ3v) is 5.56. The molecule has 1 unspecified atom stereocenters. The number of nitrogens with zero attached hydrogens (tertiary/aromatic N) is 3. The van der Waals surface area contributed by atoms with Crippen molar-refractivity contribution in [3.05, 3.63) is 65.8 Å². The topological polar surface area (TPSA) is 59.8 Å². The Bertz CT molecular complexity index is 923. The molecule has 1 fully saturated rings. The van der Waals surface area contributed by atoms with Crippen molar-refractivity contribution in [3.8, 4) is 11.3 Å². The summed E-state index contributed by atoms with van der Waals surface area (Å²) in [4.78, 5) is 13.2. The van der Waals surface area contributed by atoms with Gasteiger partial charge in [-0.25, -0.2) is 4.68 Å². The van der Waals surface area contributed by atoms with Gasteiger partial charge >= 0.3 is 0 Å². The van der Waals surface area contributed by atoms with Gasteiger partial charge in [-0.1, -0.05) is 60.0 Å². The summed E-state index contributed by atoms with van der Waals surface area (Å²) in [5.74, 6) is 0.205. The van der Waals surface area contributed by atoms with Crippen LogP contribution in [0.1, 0.15) is 31.7 Å². The highest BCUT2D eigenvalue weighted by atomic mass is 35.5. The van der Waals surface area contributed by atoms with Crippen LogP contribution >= 0.6 is 11.6 Å². The van der Waals surface area contributed by atoms with Crippen molar-refractivity contribution < 1.29 is 4.79 Å². The van der Waals surface area contributed by atoms with Gasteiger partial charge in [0.2, 0.25) is 0 Å². The van der Waals surface area contributed by atoms with Gasteiger partial charge in [-0.3, -0.25) is 4.79 Å². The number of benzene rings is 2. The normalized spacial score (nSPS) is 20.0. The van der Waals surface area contributed by atoms with E-state index in [2.05, 4.69) is 15.6 Å². The summed E-state index contributed by atoms with van der Waals surface area (Å²) < 4.78 is 1.76. The number of Topliss-reactive ketones (excluding diaryl/α,β-unsaturated/α-hetero) is 1. The average molecular weight is 395 g/mol. The number of carbonyl (C=O) groups excluding carboxylic acids is 1. The maximum atomic E-state index is 13.2. The minimum Gasteiger partial charge on any atom is -0.384 e. The van der Waals surface area contributed by atoms with Crippen molar-refractivity contribution in [2.75, 3.05) is 11.9 Å². The summed E-state index contributed by atoms with van der Waals surface area (Å²) in [6.07, 6.45) is 5.68. The summed E-state index contributed by atoms with van der Waals surface area (Å²) in [6, 6.07) is 17.3. The van der Waals surface area contributed by atoms with Crippen LogP contribution in [0.15, 0.2) is 60.8 Å². The minimum absolute atomic E-state index is 0.0347. The first-order valence-electron chi connectivity index (χ1n) is 9.71. The largest absolute Gasteiger partial charge is 0.384 e. The van der Waals surface area contributed by atoms with E-state index in [0.717, 1.165) is 42.6 Å². The molecule has 0 amide bonds. The summed E-state index contributed by atoms with van der Waals surface area (Å²) >= 11 is 5.94. The van der Waals surface area contributed by atoms with Crippen LogP contribution in [0.3, 0.4) is 0 Å². The molecule has 2 aromatic carbocycles. The lowest BCUT2D eigenvalue weighted by atomic mass is 9.96. The monoisotopic (exact) mass is 394 g/mol. The van der Waals surface area contributed by atoms with Gasteiger partial charge in [0.15, 0.2) is 5.78 Å². The fourth-order valence-corrected chi connectivity index (χ4v) is 3.86. The lowest BCUT2D eigenvalue weighted by molar-refractivity contribution is -0.125. The predicted octanol–water partition coefficient (Wildman–Crippen LogP) is 5.01. The molecular weight excluding hydrogens is 372 g/mol. The maximum Gasteiger partial charge on any atom is 0.162 e. The second kappa shape index (κ2) is 8.57. The smallest absolute Gasteiger partial charge is 0.162 e. The molecule has 1 aliphatic rings. The van der Waals surface area contributed by atoms with E-state index in [4.69, 9.17) is 11.6 Å². The summed E-state index contributed by atoms with van der Waals surface area (Å²) in [5.41, 5.74) is 2.79. The number of nitrogens with one attached hydrogen (secondary N) is 1. The molecule has 3 aromatic rings. The highest BCUT2D eigenvalue weighted by Gasteiger charge is 2.31. The van der Waals surface area contributed by atoms with E-state index < -0.39 is 0 Å². The Kier molecular flexibility index (Phi) is 5.72. The number of carbonyl (C=O) groups is 1. The highest BCUT2D eigenvalue weighted by Crippen LogP contribution is 2.29. The van der Waals surface area contributed by atoms with Crippen molar-refractivity contribution in [3.63, 3.8) is 0 Å². The third-order valence-electron chi connectivity index (χ3n) is 5.31. The van der Waals surface area contributed by atoms with Crippen LogP contribution in [-0.2, 0) is 4.79 Å².